The van der Waals surface area contributed by atoms with Gasteiger partial charge in [0.2, 0.25) is 0 Å². The molecule has 0 aliphatic heterocycles. The highest BCUT2D eigenvalue weighted by atomic mass is 31.2. The fourth-order valence-electron chi connectivity index (χ4n) is 8.38. The highest BCUT2D eigenvalue weighted by Crippen LogP contribution is 2.38. The Morgan fingerprint density at radius 3 is 1.12 bits per heavy atom. The van der Waals surface area contributed by atoms with Crippen molar-refractivity contribution in [2.75, 3.05) is 47.5 Å². The average molecular weight is 1080 g/mol. The Bertz CT molecular complexity index is 1600. The highest BCUT2D eigenvalue weighted by molar-refractivity contribution is 7.45. The molecule has 0 saturated carbocycles. The van der Waals surface area contributed by atoms with Crippen LogP contribution in [0.1, 0.15) is 258 Å². The second kappa shape index (κ2) is 56.6. The van der Waals surface area contributed by atoms with E-state index in [4.69, 9.17) is 18.5 Å². The summed E-state index contributed by atoms with van der Waals surface area (Å²) in [4.78, 5) is 37.9. The lowest BCUT2D eigenvalue weighted by atomic mass is 10.0. The second-order valence-corrected chi connectivity index (χ2v) is 23.1. The lowest BCUT2D eigenvalue weighted by Crippen LogP contribution is -2.37. The number of allylic oxidation sites excluding steroid dienone is 16. The van der Waals surface area contributed by atoms with Gasteiger partial charge in [-0.1, -0.05) is 265 Å². The van der Waals surface area contributed by atoms with Gasteiger partial charge in [0.1, 0.15) is 19.8 Å². The van der Waals surface area contributed by atoms with Crippen molar-refractivity contribution in [1.29, 1.82) is 0 Å². The maximum absolute atomic E-state index is 12.8. The van der Waals surface area contributed by atoms with Gasteiger partial charge >= 0.3 is 11.9 Å². The number of nitrogens with zero attached hydrogens (tertiary/aromatic N) is 1. The standard InChI is InChI=1S/C66H116NO8P/c1-6-8-10-12-14-16-18-20-22-23-24-25-26-27-28-29-30-31-32-33-34-35-36-37-38-39-40-41-42-43-45-47-49-51-53-55-57-59-66(69)75-64(63-74-76(70,71)73-61-60-67(3,4)5)62-72-65(68)58-56-54-52-50-48-46-44-21-19-17-15-13-11-9-7-2/h8,10,14,16,20,22,24-25,27-28,30-31,33-34,36-37,64H,6-7,9,11-13,15,17-19,21,23,26,29,32,35,38-63H2,1-5H3/b10-8-,16-14-,22-20-,25-24-,28-27-,31-30-,34-33-,37-36-. The van der Waals surface area contributed by atoms with Gasteiger partial charge < -0.3 is 27.9 Å². The van der Waals surface area contributed by atoms with E-state index in [0.717, 1.165) is 89.9 Å². The van der Waals surface area contributed by atoms with E-state index in [9.17, 15) is 19.0 Å². The van der Waals surface area contributed by atoms with Crippen LogP contribution < -0.4 is 4.89 Å². The number of unbranched alkanes of at least 4 members (excludes halogenated alkanes) is 26. The van der Waals surface area contributed by atoms with Crippen molar-refractivity contribution in [2.45, 2.75) is 264 Å². The molecule has 0 fully saturated rings. The first kappa shape index (κ1) is 72.9. The Balaban J connectivity index is 4.06. The minimum atomic E-state index is -4.64. The zero-order valence-electron chi connectivity index (χ0n) is 49.7. The molecular weight excluding hydrogens is 966 g/mol. The zero-order valence-corrected chi connectivity index (χ0v) is 50.6. The van der Waals surface area contributed by atoms with E-state index in [-0.39, 0.29) is 32.0 Å². The molecule has 0 heterocycles. The van der Waals surface area contributed by atoms with Crippen LogP contribution in [0.5, 0.6) is 0 Å². The SMILES string of the molecule is CC/C=C\C/C=C\C/C=C\C/C=C\C/C=C\C/C=C\C/C=C\C/C=C\CCCCCCCCCCCCCCC(=O)OC(COC(=O)CCCCCCCCCCCCCCCCC)COP(=O)([O-])OCC[N+](C)(C)C. The van der Waals surface area contributed by atoms with Crippen LogP contribution in [-0.2, 0) is 32.7 Å². The lowest BCUT2D eigenvalue weighted by Gasteiger charge is -2.28. The smallest absolute Gasteiger partial charge is 0.306 e. The first-order valence-corrected chi connectivity index (χ1v) is 32.4. The summed E-state index contributed by atoms with van der Waals surface area (Å²) < 4.78 is 34.2. The van der Waals surface area contributed by atoms with Gasteiger partial charge in [0.15, 0.2) is 6.10 Å². The predicted octanol–water partition coefficient (Wildman–Crippen LogP) is 19.0. The van der Waals surface area contributed by atoms with Crippen molar-refractivity contribution in [3.05, 3.63) is 97.2 Å². The van der Waals surface area contributed by atoms with Crippen molar-refractivity contribution < 1.29 is 42.1 Å². The molecule has 10 heteroatoms. The summed E-state index contributed by atoms with van der Waals surface area (Å²) in [5, 5.41) is 0. The third-order valence-electron chi connectivity index (χ3n) is 13.1. The highest BCUT2D eigenvalue weighted by Gasteiger charge is 2.22. The summed E-state index contributed by atoms with van der Waals surface area (Å²) in [5.41, 5.74) is 0. The molecule has 0 amide bonds. The van der Waals surface area contributed by atoms with E-state index in [2.05, 4.69) is 111 Å². The summed E-state index contributed by atoms with van der Waals surface area (Å²) in [6.45, 7) is 4.14. The molecule has 0 aliphatic carbocycles. The molecule has 0 N–H and O–H groups in total. The third kappa shape index (κ3) is 60.2. The number of phosphoric ester groups is 1. The Morgan fingerprint density at radius 2 is 0.750 bits per heavy atom. The summed E-state index contributed by atoms with van der Waals surface area (Å²) in [7, 11) is 1.16. The van der Waals surface area contributed by atoms with Crippen LogP contribution in [-0.4, -0.2) is 70.0 Å². The molecule has 0 rings (SSSR count). The van der Waals surface area contributed by atoms with Crippen molar-refractivity contribution in [2.24, 2.45) is 0 Å². The molecule has 0 spiro atoms. The van der Waals surface area contributed by atoms with E-state index in [1.165, 1.54) is 135 Å². The van der Waals surface area contributed by atoms with E-state index < -0.39 is 26.5 Å². The molecule has 0 saturated heterocycles. The van der Waals surface area contributed by atoms with Gasteiger partial charge in [0.25, 0.3) is 7.82 Å². The zero-order chi connectivity index (χ0) is 55.6. The fourth-order valence-corrected chi connectivity index (χ4v) is 9.11. The number of hydrogen-bond donors (Lipinski definition) is 0. The summed E-state index contributed by atoms with van der Waals surface area (Å²) >= 11 is 0. The Labute approximate surface area is 468 Å². The number of hydrogen-bond acceptors (Lipinski definition) is 8. The molecule has 76 heavy (non-hydrogen) atoms. The molecule has 2 unspecified atom stereocenters. The molecule has 0 aromatic carbocycles. The van der Waals surface area contributed by atoms with Crippen molar-refractivity contribution >= 4 is 19.8 Å². The number of phosphoric acid groups is 1. The van der Waals surface area contributed by atoms with E-state index >= 15 is 0 Å². The molecule has 2 atom stereocenters. The Hall–Kier alpha value is -3.07. The molecule has 0 aromatic rings. The van der Waals surface area contributed by atoms with Crippen molar-refractivity contribution in [3.63, 3.8) is 0 Å². The molecule has 0 aromatic heterocycles. The first-order valence-electron chi connectivity index (χ1n) is 30.9. The number of carbonyl (C=O) groups is 2. The topological polar surface area (TPSA) is 111 Å². The molecule has 0 bridgehead atoms. The molecular formula is C66H116NO8P. The normalized spacial score (nSPS) is 13.9. The predicted molar refractivity (Wildman–Crippen MR) is 323 cm³/mol. The van der Waals surface area contributed by atoms with Gasteiger partial charge in [-0.3, -0.25) is 14.2 Å². The van der Waals surface area contributed by atoms with Gasteiger partial charge in [-0.2, -0.15) is 0 Å². The minimum Gasteiger partial charge on any atom is -0.756 e. The maximum Gasteiger partial charge on any atom is 0.306 e. The average Bonchev–Trinajstić information content (AvgIpc) is 3.38. The van der Waals surface area contributed by atoms with Gasteiger partial charge in [0.05, 0.1) is 27.7 Å². The number of ether oxygens (including phenoxy) is 2. The lowest BCUT2D eigenvalue weighted by molar-refractivity contribution is -0.870. The van der Waals surface area contributed by atoms with E-state index in [1.54, 1.807) is 0 Å². The van der Waals surface area contributed by atoms with Gasteiger partial charge in [-0.15, -0.1) is 0 Å². The molecule has 438 valence electrons. The van der Waals surface area contributed by atoms with Gasteiger partial charge in [-0.05, 0) is 77.0 Å². The van der Waals surface area contributed by atoms with Crippen molar-refractivity contribution in [1.82, 2.24) is 0 Å². The Morgan fingerprint density at radius 1 is 0.421 bits per heavy atom. The molecule has 9 nitrogen and oxygen atoms in total. The van der Waals surface area contributed by atoms with Crippen molar-refractivity contribution in [3.8, 4) is 0 Å². The van der Waals surface area contributed by atoms with Gasteiger partial charge in [-0.25, -0.2) is 0 Å². The summed E-state index contributed by atoms with van der Waals surface area (Å²) in [5.74, 6) is -0.831. The monoisotopic (exact) mass is 1080 g/mol. The quantitative estimate of drug-likeness (QED) is 0.0195. The van der Waals surface area contributed by atoms with Crippen LogP contribution >= 0.6 is 7.82 Å². The molecule has 0 radical (unpaired) electrons. The number of likely N-dealkylation sites (N-methyl/N-ethyl adjacent to an activating group) is 1. The molecule has 0 aliphatic rings. The fraction of sp³-hybridized carbons (Fsp3) is 0.727. The van der Waals surface area contributed by atoms with E-state index in [0.29, 0.717) is 17.4 Å². The van der Waals surface area contributed by atoms with Crippen LogP contribution in [0.4, 0.5) is 0 Å². The summed E-state index contributed by atoms with van der Waals surface area (Å²) in [6.07, 6.45) is 77.5. The Kier molecular flexibility index (Phi) is 54.4. The van der Waals surface area contributed by atoms with Crippen LogP contribution in [0.15, 0.2) is 97.2 Å². The first-order chi connectivity index (χ1) is 37.0. The maximum atomic E-state index is 12.8. The van der Waals surface area contributed by atoms with Crippen LogP contribution in [0.25, 0.3) is 0 Å². The van der Waals surface area contributed by atoms with Crippen LogP contribution in [0, 0.1) is 0 Å². The summed E-state index contributed by atoms with van der Waals surface area (Å²) in [6, 6.07) is 0. The number of esters is 2. The number of quaternary nitrogens is 1. The third-order valence-corrected chi connectivity index (χ3v) is 14.1. The number of carbonyl (C=O) groups excluding carboxylic acids is 2. The second-order valence-electron chi connectivity index (χ2n) is 21.7. The largest absolute Gasteiger partial charge is 0.756 e. The van der Waals surface area contributed by atoms with E-state index in [1.807, 2.05) is 21.1 Å². The van der Waals surface area contributed by atoms with Crippen LogP contribution in [0.3, 0.4) is 0 Å². The minimum absolute atomic E-state index is 0.0329. The van der Waals surface area contributed by atoms with Gasteiger partial charge in [0, 0.05) is 12.8 Å². The number of rotatable bonds is 56. The van der Waals surface area contributed by atoms with Crippen LogP contribution in [0.2, 0.25) is 0 Å².